The zero-order valence-corrected chi connectivity index (χ0v) is 9.40. The smallest absolute Gasteiger partial charge is 0.133 e. The number of rotatable bonds is 2. The highest BCUT2D eigenvalue weighted by Gasteiger charge is 2.23. The maximum Gasteiger partial charge on any atom is 0.133 e. The summed E-state index contributed by atoms with van der Waals surface area (Å²) in [6.07, 6.45) is 3.15. The van der Waals surface area contributed by atoms with E-state index in [0.717, 1.165) is 18.4 Å². The molecule has 16 heavy (non-hydrogen) atoms. The molecule has 2 rings (SSSR count). The lowest BCUT2D eigenvalue weighted by molar-refractivity contribution is -0.120. The third-order valence-corrected chi connectivity index (χ3v) is 3.16. The fourth-order valence-corrected chi connectivity index (χ4v) is 2.29. The number of benzene rings is 1. The van der Waals surface area contributed by atoms with Crippen molar-refractivity contribution in [2.75, 3.05) is 7.11 Å². The molecule has 86 valence electrons. The Labute approximate surface area is 95.0 Å². The van der Waals surface area contributed by atoms with Crippen LogP contribution in [-0.4, -0.2) is 18.0 Å². The van der Waals surface area contributed by atoms with Gasteiger partial charge in [-0.15, -0.1) is 0 Å². The van der Waals surface area contributed by atoms with Crippen LogP contribution in [0.5, 0.6) is 11.5 Å². The Morgan fingerprint density at radius 3 is 2.88 bits per heavy atom. The summed E-state index contributed by atoms with van der Waals surface area (Å²) >= 11 is 0. The van der Waals surface area contributed by atoms with Crippen molar-refractivity contribution < 1.29 is 14.6 Å². The molecule has 0 amide bonds. The first kappa shape index (κ1) is 11.0. The van der Waals surface area contributed by atoms with E-state index >= 15 is 0 Å². The highest BCUT2D eigenvalue weighted by Crippen LogP contribution is 2.37. The second-order valence-electron chi connectivity index (χ2n) is 4.26. The maximum absolute atomic E-state index is 11.4. The molecule has 0 heterocycles. The van der Waals surface area contributed by atoms with Crippen molar-refractivity contribution in [2.24, 2.45) is 0 Å². The van der Waals surface area contributed by atoms with Gasteiger partial charge in [0.05, 0.1) is 7.11 Å². The monoisotopic (exact) mass is 220 g/mol. The van der Waals surface area contributed by atoms with Crippen LogP contribution in [0.15, 0.2) is 18.2 Å². The molecule has 0 aromatic heterocycles. The quantitative estimate of drug-likeness (QED) is 0.833. The fourth-order valence-electron chi connectivity index (χ4n) is 2.29. The lowest BCUT2D eigenvalue weighted by Crippen LogP contribution is -2.13. The van der Waals surface area contributed by atoms with Crippen LogP contribution in [0, 0.1) is 0 Å². The van der Waals surface area contributed by atoms with Gasteiger partial charge in [-0.05, 0) is 30.4 Å². The summed E-state index contributed by atoms with van der Waals surface area (Å²) in [6, 6.07) is 5.29. The first-order valence-electron chi connectivity index (χ1n) is 5.59. The Kier molecular flexibility index (Phi) is 3.13. The summed E-state index contributed by atoms with van der Waals surface area (Å²) < 4.78 is 5.03. The molecule has 0 bridgehead atoms. The van der Waals surface area contributed by atoms with Gasteiger partial charge >= 0.3 is 0 Å². The lowest BCUT2D eigenvalue weighted by Gasteiger charge is -2.22. The van der Waals surface area contributed by atoms with Gasteiger partial charge < -0.3 is 9.84 Å². The molecule has 3 nitrogen and oxygen atoms in total. The highest BCUT2D eigenvalue weighted by molar-refractivity contribution is 5.80. The van der Waals surface area contributed by atoms with Crippen molar-refractivity contribution in [3.8, 4) is 11.5 Å². The van der Waals surface area contributed by atoms with E-state index in [9.17, 15) is 9.90 Å². The minimum atomic E-state index is 0.173. The second kappa shape index (κ2) is 4.56. The molecule has 1 aliphatic carbocycles. The van der Waals surface area contributed by atoms with Gasteiger partial charge in [-0.3, -0.25) is 4.79 Å². The van der Waals surface area contributed by atoms with Crippen molar-refractivity contribution in [1.82, 2.24) is 0 Å². The van der Waals surface area contributed by atoms with Crippen molar-refractivity contribution in [2.45, 2.75) is 31.6 Å². The third-order valence-electron chi connectivity index (χ3n) is 3.16. The van der Waals surface area contributed by atoms with Gasteiger partial charge in [-0.1, -0.05) is 6.07 Å². The van der Waals surface area contributed by atoms with Gasteiger partial charge in [0.2, 0.25) is 0 Å². The lowest BCUT2D eigenvalue weighted by atomic mass is 9.83. The fraction of sp³-hybridized carbons (Fsp3) is 0.462. The molecule has 0 saturated heterocycles. The maximum atomic E-state index is 11.4. The predicted octanol–water partition coefficient (Wildman–Crippen LogP) is 2.63. The summed E-state index contributed by atoms with van der Waals surface area (Å²) in [7, 11) is 1.57. The first-order valence-corrected chi connectivity index (χ1v) is 5.59. The van der Waals surface area contributed by atoms with Gasteiger partial charge in [0, 0.05) is 18.9 Å². The topological polar surface area (TPSA) is 46.5 Å². The number of Topliss-reactive ketones (excluding diaryl/α,β-unsaturated/α-hetero) is 1. The summed E-state index contributed by atoms with van der Waals surface area (Å²) in [5, 5.41) is 9.87. The molecule has 1 atom stereocenters. The Morgan fingerprint density at radius 1 is 1.44 bits per heavy atom. The molecule has 1 N–H and O–H groups in total. The van der Waals surface area contributed by atoms with Crippen LogP contribution in [0.4, 0.5) is 0 Å². The molecule has 1 unspecified atom stereocenters. The Bertz CT molecular complexity index is 398. The van der Waals surface area contributed by atoms with Crippen LogP contribution >= 0.6 is 0 Å². The predicted molar refractivity (Wildman–Crippen MR) is 60.9 cm³/mol. The molecular weight excluding hydrogens is 204 g/mol. The number of aromatic hydroxyl groups is 1. The minimum absolute atomic E-state index is 0.173. The van der Waals surface area contributed by atoms with E-state index in [1.165, 1.54) is 0 Å². The van der Waals surface area contributed by atoms with Crippen LogP contribution in [-0.2, 0) is 4.79 Å². The molecular formula is C13H16O3. The van der Waals surface area contributed by atoms with E-state index < -0.39 is 0 Å². The van der Waals surface area contributed by atoms with E-state index in [-0.39, 0.29) is 11.7 Å². The average molecular weight is 220 g/mol. The van der Waals surface area contributed by atoms with Crippen LogP contribution in [0.2, 0.25) is 0 Å². The Hall–Kier alpha value is -1.51. The number of ether oxygens (including phenoxy) is 1. The van der Waals surface area contributed by atoms with Crippen molar-refractivity contribution in [3.05, 3.63) is 23.8 Å². The SMILES string of the molecule is COc1ccc(C2CCCC(=O)C2)c(O)c1. The van der Waals surface area contributed by atoms with Gasteiger partial charge in [-0.2, -0.15) is 0 Å². The van der Waals surface area contributed by atoms with Crippen molar-refractivity contribution >= 4 is 5.78 Å². The second-order valence-corrected chi connectivity index (χ2v) is 4.26. The van der Waals surface area contributed by atoms with E-state index in [1.807, 2.05) is 12.1 Å². The van der Waals surface area contributed by atoms with Crippen LogP contribution in [0.3, 0.4) is 0 Å². The van der Waals surface area contributed by atoms with Crippen LogP contribution < -0.4 is 4.74 Å². The molecule has 3 heteroatoms. The van der Waals surface area contributed by atoms with Crippen LogP contribution in [0.1, 0.15) is 37.2 Å². The Morgan fingerprint density at radius 2 is 2.25 bits per heavy atom. The van der Waals surface area contributed by atoms with Crippen LogP contribution in [0.25, 0.3) is 0 Å². The normalized spacial score (nSPS) is 20.8. The molecule has 1 aliphatic rings. The van der Waals surface area contributed by atoms with Gasteiger partial charge in [0.25, 0.3) is 0 Å². The minimum Gasteiger partial charge on any atom is -0.508 e. The van der Waals surface area contributed by atoms with E-state index in [0.29, 0.717) is 24.4 Å². The van der Waals surface area contributed by atoms with Crippen molar-refractivity contribution in [1.29, 1.82) is 0 Å². The zero-order chi connectivity index (χ0) is 11.5. The molecule has 1 aromatic rings. The molecule has 0 spiro atoms. The number of hydrogen-bond donors (Lipinski definition) is 1. The van der Waals surface area contributed by atoms with E-state index in [1.54, 1.807) is 13.2 Å². The number of phenols is 1. The van der Waals surface area contributed by atoms with Gasteiger partial charge in [0.15, 0.2) is 0 Å². The van der Waals surface area contributed by atoms with Gasteiger partial charge in [0.1, 0.15) is 17.3 Å². The Balaban J connectivity index is 2.22. The largest absolute Gasteiger partial charge is 0.508 e. The zero-order valence-electron chi connectivity index (χ0n) is 9.40. The number of ketones is 1. The highest BCUT2D eigenvalue weighted by atomic mass is 16.5. The summed E-state index contributed by atoms with van der Waals surface area (Å²) in [5.41, 5.74) is 0.869. The van der Waals surface area contributed by atoms with E-state index in [4.69, 9.17) is 4.74 Å². The third kappa shape index (κ3) is 2.18. The molecule has 1 saturated carbocycles. The number of carbonyl (C=O) groups excluding carboxylic acids is 1. The number of hydrogen-bond acceptors (Lipinski definition) is 3. The van der Waals surface area contributed by atoms with Crippen molar-refractivity contribution in [3.63, 3.8) is 0 Å². The van der Waals surface area contributed by atoms with E-state index in [2.05, 4.69) is 0 Å². The van der Waals surface area contributed by atoms with Gasteiger partial charge in [-0.25, -0.2) is 0 Å². The molecule has 0 aliphatic heterocycles. The summed E-state index contributed by atoms with van der Waals surface area (Å²) in [6.45, 7) is 0. The average Bonchev–Trinajstić information content (AvgIpc) is 2.28. The standard InChI is InChI=1S/C13H16O3/c1-16-11-5-6-12(13(15)8-11)9-3-2-4-10(14)7-9/h5-6,8-9,15H,2-4,7H2,1H3. The molecule has 1 aromatic carbocycles. The number of carbonyl (C=O) groups is 1. The summed E-state index contributed by atoms with van der Waals surface area (Å²) in [4.78, 5) is 11.4. The number of phenolic OH excluding ortho intramolecular Hbond substituents is 1. The number of methoxy groups -OCH3 is 1. The molecule has 0 radical (unpaired) electrons. The first-order chi connectivity index (χ1) is 7.70. The molecule has 1 fully saturated rings. The summed E-state index contributed by atoms with van der Waals surface area (Å²) in [5.74, 6) is 1.35.